The minimum Gasteiger partial charge on any atom is -0.487 e. The number of amides is 1. The molecule has 4 nitrogen and oxygen atoms in total. The van der Waals surface area contributed by atoms with Crippen LogP contribution in [-0.2, 0) is 17.9 Å². The largest absolute Gasteiger partial charge is 0.487 e. The van der Waals surface area contributed by atoms with Crippen molar-refractivity contribution in [3.05, 3.63) is 64.4 Å². The minimum atomic E-state index is -0.293. The molecule has 1 amide bonds. The predicted octanol–water partition coefficient (Wildman–Crippen LogP) is 3.67. The van der Waals surface area contributed by atoms with Gasteiger partial charge in [0.15, 0.2) is 0 Å². The van der Waals surface area contributed by atoms with E-state index in [2.05, 4.69) is 10.6 Å². The molecule has 0 saturated heterocycles. The van der Waals surface area contributed by atoms with Crippen LogP contribution in [0.3, 0.4) is 0 Å². The maximum absolute atomic E-state index is 13.6. The van der Waals surface area contributed by atoms with Gasteiger partial charge in [-0.3, -0.25) is 4.79 Å². The van der Waals surface area contributed by atoms with Gasteiger partial charge >= 0.3 is 0 Å². The van der Waals surface area contributed by atoms with E-state index < -0.39 is 0 Å². The Morgan fingerprint density at radius 1 is 1.20 bits per heavy atom. The molecule has 0 aliphatic rings. The van der Waals surface area contributed by atoms with Gasteiger partial charge in [-0.25, -0.2) is 4.39 Å². The lowest BCUT2D eigenvalue weighted by Crippen LogP contribution is -2.24. The summed E-state index contributed by atoms with van der Waals surface area (Å²) in [6.45, 7) is 3.76. The molecule has 0 spiro atoms. The van der Waals surface area contributed by atoms with E-state index in [0.717, 1.165) is 18.5 Å². The lowest BCUT2D eigenvalue weighted by molar-refractivity contribution is -0.118. The van der Waals surface area contributed by atoms with Crippen LogP contribution in [0.1, 0.15) is 24.5 Å². The number of ether oxygens (including phenoxy) is 1. The Bertz CT molecular complexity index is 710. The fraction of sp³-hybridized carbons (Fsp3) is 0.316. The van der Waals surface area contributed by atoms with Crippen molar-refractivity contribution in [1.82, 2.24) is 10.6 Å². The van der Waals surface area contributed by atoms with Crippen molar-refractivity contribution in [2.45, 2.75) is 26.5 Å². The van der Waals surface area contributed by atoms with Gasteiger partial charge in [0.05, 0.1) is 5.02 Å². The number of hydrogen-bond acceptors (Lipinski definition) is 3. The smallest absolute Gasteiger partial charge is 0.216 e. The highest BCUT2D eigenvalue weighted by Crippen LogP contribution is 2.26. The molecule has 0 aliphatic heterocycles. The van der Waals surface area contributed by atoms with Crippen LogP contribution < -0.4 is 15.4 Å². The van der Waals surface area contributed by atoms with Gasteiger partial charge in [-0.15, -0.1) is 0 Å². The molecule has 0 fully saturated rings. The number of nitrogens with one attached hydrogen (secondary N) is 2. The molecular formula is C19H22ClFN2O2. The number of halogens is 2. The van der Waals surface area contributed by atoms with Crippen LogP contribution in [0, 0.1) is 5.82 Å². The van der Waals surface area contributed by atoms with E-state index in [0.29, 0.717) is 29.4 Å². The van der Waals surface area contributed by atoms with Crippen molar-refractivity contribution < 1.29 is 13.9 Å². The van der Waals surface area contributed by atoms with Gasteiger partial charge in [0.1, 0.15) is 18.2 Å². The molecule has 2 aromatic rings. The van der Waals surface area contributed by atoms with Crippen molar-refractivity contribution in [3.8, 4) is 5.75 Å². The van der Waals surface area contributed by atoms with E-state index >= 15 is 0 Å². The van der Waals surface area contributed by atoms with E-state index in [1.807, 2.05) is 12.1 Å². The zero-order valence-electron chi connectivity index (χ0n) is 14.1. The first-order valence-electron chi connectivity index (χ1n) is 8.16. The molecule has 0 atom stereocenters. The first kappa shape index (κ1) is 19.2. The maximum Gasteiger partial charge on any atom is 0.216 e. The van der Waals surface area contributed by atoms with Gasteiger partial charge in [0, 0.05) is 25.6 Å². The summed E-state index contributed by atoms with van der Waals surface area (Å²) >= 11 is 6.24. The number of carbonyl (C=O) groups is 1. The quantitative estimate of drug-likeness (QED) is 0.667. The van der Waals surface area contributed by atoms with E-state index in [1.54, 1.807) is 24.3 Å². The van der Waals surface area contributed by atoms with Gasteiger partial charge in [-0.1, -0.05) is 35.9 Å². The van der Waals surface area contributed by atoms with Gasteiger partial charge < -0.3 is 15.4 Å². The van der Waals surface area contributed by atoms with E-state index in [-0.39, 0.29) is 18.3 Å². The van der Waals surface area contributed by atoms with Gasteiger partial charge in [-0.2, -0.15) is 0 Å². The minimum absolute atomic E-state index is 0.0160. The van der Waals surface area contributed by atoms with Crippen molar-refractivity contribution in [1.29, 1.82) is 0 Å². The fourth-order valence-corrected chi connectivity index (χ4v) is 2.51. The summed E-state index contributed by atoms with van der Waals surface area (Å²) in [6.07, 6.45) is 0.858. The Balaban J connectivity index is 1.78. The van der Waals surface area contributed by atoms with Crippen LogP contribution in [0.4, 0.5) is 4.39 Å². The van der Waals surface area contributed by atoms with E-state index in [4.69, 9.17) is 16.3 Å². The summed E-state index contributed by atoms with van der Waals surface area (Å²) in [6, 6.07) is 12.0. The average molecular weight is 365 g/mol. The lowest BCUT2D eigenvalue weighted by atomic mass is 10.2. The summed E-state index contributed by atoms with van der Waals surface area (Å²) < 4.78 is 19.2. The van der Waals surface area contributed by atoms with Crippen LogP contribution in [0.5, 0.6) is 5.75 Å². The van der Waals surface area contributed by atoms with Gasteiger partial charge in [0.2, 0.25) is 5.91 Å². The molecule has 2 rings (SSSR count). The molecule has 0 heterocycles. The highest BCUT2D eigenvalue weighted by atomic mass is 35.5. The second-order valence-electron chi connectivity index (χ2n) is 5.66. The summed E-state index contributed by atoms with van der Waals surface area (Å²) in [5, 5.41) is 6.53. The maximum atomic E-state index is 13.6. The summed E-state index contributed by atoms with van der Waals surface area (Å²) in [5.74, 6) is 0.218. The summed E-state index contributed by atoms with van der Waals surface area (Å²) in [5.41, 5.74) is 1.52. The van der Waals surface area contributed by atoms with Crippen molar-refractivity contribution in [3.63, 3.8) is 0 Å². The Labute approximate surface area is 152 Å². The molecule has 0 bridgehead atoms. The molecule has 134 valence electrons. The average Bonchev–Trinajstić information content (AvgIpc) is 2.58. The Hall–Kier alpha value is -2.11. The zero-order valence-corrected chi connectivity index (χ0v) is 14.9. The topological polar surface area (TPSA) is 50.4 Å². The SMILES string of the molecule is CC(=O)NCCCNCc1ccc(OCc2ccccc2F)c(Cl)c1. The Kier molecular flexibility index (Phi) is 7.70. The van der Waals surface area contributed by atoms with Crippen LogP contribution in [0.25, 0.3) is 0 Å². The first-order valence-corrected chi connectivity index (χ1v) is 8.54. The van der Waals surface area contributed by atoms with Crippen molar-refractivity contribution in [2.24, 2.45) is 0 Å². The van der Waals surface area contributed by atoms with Crippen molar-refractivity contribution >= 4 is 17.5 Å². The predicted molar refractivity (Wildman–Crippen MR) is 97.2 cm³/mol. The molecule has 0 unspecified atom stereocenters. The lowest BCUT2D eigenvalue weighted by Gasteiger charge is -2.11. The summed E-state index contributed by atoms with van der Waals surface area (Å²) in [7, 11) is 0. The van der Waals surface area contributed by atoms with Crippen LogP contribution in [-0.4, -0.2) is 19.0 Å². The standard InChI is InChI=1S/C19H22ClFN2O2/c1-14(24)23-10-4-9-22-12-15-7-8-19(17(20)11-15)25-13-16-5-2-3-6-18(16)21/h2-3,5-8,11,22H,4,9-10,12-13H2,1H3,(H,23,24). The highest BCUT2D eigenvalue weighted by Gasteiger charge is 2.06. The van der Waals surface area contributed by atoms with Crippen LogP contribution in [0.15, 0.2) is 42.5 Å². The first-order chi connectivity index (χ1) is 12.1. The number of hydrogen-bond donors (Lipinski definition) is 2. The highest BCUT2D eigenvalue weighted by molar-refractivity contribution is 6.32. The van der Waals surface area contributed by atoms with E-state index in [9.17, 15) is 9.18 Å². The fourth-order valence-electron chi connectivity index (χ4n) is 2.25. The molecule has 25 heavy (non-hydrogen) atoms. The summed E-state index contributed by atoms with van der Waals surface area (Å²) in [4.78, 5) is 10.8. The van der Waals surface area contributed by atoms with Crippen LogP contribution >= 0.6 is 11.6 Å². The second kappa shape index (κ2) is 10.0. The molecule has 0 aliphatic carbocycles. The molecule has 2 aromatic carbocycles. The Morgan fingerprint density at radius 2 is 2.00 bits per heavy atom. The molecule has 2 N–H and O–H groups in total. The molecule has 0 radical (unpaired) electrons. The molecule has 6 heteroatoms. The third-order valence-electron chi connectivity index (χ3n) is 3.57. The number of benzene rings is 2. The third kappa shape index (κ3) is 6.72. The van der Waals surface area contributed by atoms with Crippen molar-refractivity contribution in [2.75, 3.05) is 13.1 Å². The third-order valence-corrected chi connectivity index (χ3v) is 3.87. The normalized spacial score (nSPS) is 10.5. The number of rotatable bonds is 9. The van der Waals surface area contributed by atoms with E-state index in [1.165, 1.54) is 13.0 Å². The molecule has 0 saturated carbocycles. The monoisotopic (exact) mass is 364 g/mol. The molecular weight excluding hydrogens is 343 g/mol. The number of carbonyl (C=O) groups excluding carboxylic acids is 1. The Morgan fingerprint density at radius 3 is 2.72 bits per heavy atom. The second-order valence-corrected chi connectivity index (χ2v) is 6.07. The molecule has 0 aromatic heterocycles. The van der Waals surface area contributed by atoms with Gasteiger partial charge in [0.25, 0.3) is 0 Å². The zero-order chi connectivity index (χ0) is 18.1. The van der Waals surface area contributed by atoms with Crippen LogP contribution in [0.2, 0.25) is 5.02 Å². The van der Waals surface area contributed by atoms with Gasteiger partial charge in [-0.05, 0) is 36.7 Å².